The molecule has 1 aromatic carbocycles. The second-order valence-electron chi connectivity index (χ2n) is 4.16. The third kappa shape index (κ3) is 3.39. The minimum atomic E-state index is -0.425. The monoisotopic (exact) mass is 276 g/mol. The second-order valence-corrected chi connectivity index (χ2v) is 4.16. The fourth-order valence-corrected chi connectivity index (χ4v) is 1.82. The highest BCUT2D eigenvalue weighted by molar-refractivity contribution is 5.90. The van der Waals surface area contributed by atoms with Crippen molar-refractivity contribution >= 4 is 22.4 Å². The van der Waals surface area contributed by atoms with Crippen LogP contribution in [0.5, 0.6) is 0 Å². The summed E-state index contributed by atoms with van der Waals surface area (Å²) in [6.45, 7) is 4.01. The number of aromatic nitrogens is 2. The van der Waals surface area contributed by atoms with Crippen molar-refractivity contribution in [3.63, 3.8) is 0 Å². The number of nitrogens with one attached hydrogen (secondary N) is 1. The van der Waals surface area contributed by atoms with Crippen LogP contribution in [0.4, 0.5) is 11.5 Å². The van der Waals surface area contributed by atoms with Gasteiger partial charge in [-0.2, -0.15) is 0 Å². The molecule has 106 valence electrons. The smallest absolute Gasteiger partial charge is 0.270 e. The first-order chi connectivity index (χ1) is 9.72. The van der Waals surface area contributed by atoms with Crippen LogP contribution in [-0.2, 0) is 4.74 Å². The fraction of sp³-hybridized carbons (Fsp3) is 0.385. The van der Waals surface area contributed by atoms with Gasteiger partial charge >= 0.3 is 0 Å². The largest absolute Gasteiger partial charge is 0.382 e. The van der Waals surface area contributed by atoms with Crippen molar-refractivity contribution in [2.75, 3.05) is 25.1 Å². The Kier molecular flexibility index (Phi) is 4.78. The molecule has 2 rings (SSSR count). The van der Waals surface area contributed by atoms with E-state index in [1.165, 1.54) is 18.5 Å². The van der Waals surface area contributed by atoms with Crippen molar-refractivity contribution < 1.29 is 9.66 Å². The zero-order valence-electron chi connectivity index (χ0n) is 11.2. The Morgan fingerprint density at radius 3 is 3.00 bits per heavy atom. The minimum absolute atomic E-state index is 0.0321. The molecule has 0 aliphatic carbocycles. The van der Waals surface area contributed by atoms with Gasteiger partial charge in [0, 0.05) is 37.3 Å². The molecule has 1 heterocycles. The molecule has 0 fully saturated rings. The maximum absolute atomic E-state index is 10.8. The Labute approximate surface area is 116 Å². The van der Waals surface area contributed by atoms with Crippen LogP contribution in [0.25, 0.3) is 10.9 Å². The van der Waals surface area contributed by atoms with Gasteiger partial charge in [0.25, 0.3) is 5.69 Å². The Bertz CT molecular complexity index is 603. The highest BCUT2D eigenvalue weighted by atomic mass is 16.6. The number of rotatable bonds is 7. The summed E-state index contributed by atoms with van der Waals surface area (Å²) in [6, 6.07) is 4.55. The van der Waals surface area contributed by atoms with Gasteiger partial charge in [-0.25, -0.2) is 9.97 Å². The van der Waals surface area contributed by atoms with E-state index in [1.54, 1.807) is 6.07 Å². The molecule has 0 bridgehead atoms. The van der Waals surface area contributed by atoms with Gasteiger partial charge in [-0.3, -0.25) is 10.1 Å². The highest BCUT2D eigenvalue weighted by Crippen LogP contribution is 2.24. The van der Waals surface area contributed by atoms with E-state index >= 15 is 0 Å². The van der Waals surface area contributed by atoms with E-state index in [4.69, 9.17) is 4.74 Å². The predicted octanol–water partition coefficient (Wildman–Crippen LogP) is 2.38. The van der Waals surface area contributed by atoms with Gasteiger partial charge in [-0.05, 0) is 19.4 Å². The molecule has 0 saturated carbocycles. The van der Waals surface area contributed by atoms with Crippen LogP contribution in [0.2, 0.25) is 0 Å². The van der Waals surface area contributed by atoms with Gasteiger partial charge < -0.3 is 10.1 Å². The van der Waals surface area contributed by atoms with E-state index in [-0.39, 0.29) is 5.69 Å². The lowest BCUT2D eigenvalue weighted by Gasteiger charge is -2.08. The number of hydrogen-bond acceptors (Lipinski definition) is 6. The van der Waals surface area contributed by atoms with Crippen LogP contribution in [0.1, 0.15) is 13.3 Å². The summed E-state index contributed by atoms with van der Waals surface area (Å²) in [6.07, 6.45) is 2.29. The number of hydrogen-bond donors (Lipinski definition) is 1. The molecule has 1 N–H and O–H groups in total. The van der Waals surface area contributed by atoms with Gasteiger partial charge in [0.15, 0.2) is 0 Å². The number of ether oxygens (including phenoxy) is 1. The van der Waals surface area contributed by atoms with Crippen molar-refractivity contribution in [1.29, 1.82) is 0 Å². The SMILES string of the molecule is CCOCCCNc1ncnc2ccc([N+](=O)[O-])cc12. The van der Waals surface area contributed by atoms with Crippen molar-refractivity contribution in [2.24, 2.45) is 0 Å². The van der Waals surface area contributed by atoms with E-state index in [0.717, 1.165) is 6.42 Å². The first-order valence-corrected chi connectivity index (χ1v) is 6.43. The average Bonchev–Trinajstić information content (AvgIpc) is 2.46. The van der Waals surface area contributed by atoms with E-state index in [2.05, 4.69) is 15.3 Å². The number of anilines is 1. The van der Waals surface area contributed by atoms with Gasteiger partial charge in [-0.1, -0.05) is 0 Å². The lowest BCUT2D eigenvalue weighted by atomic mass is 10.2. The number of benzene rings is 1. The molecular formula is C13H16N4O3. The molecule has 7 heteroatoms. The summed E-state index contributed by atoms with van der Waals surface area (Å²) in [5.74, 6) is 0.607. The topological polar surface area (TPSA) is 90.2 Å². The molecule has 20 heavy (non-hydrogen) atoms. The Hall–Kier alpha value is -2.28. The van der Waals surface area contributed by atoms with Crippen molar-refractivity contribution in [3.05, 3.63) is 34.6 Å². The lowest BCUT2D eigenvalue weighted by molar-refractivity contribution is -0.384. The summed E-state index contributed by atoms with van der Waals surface area (Å²) in [7, 11) is 0. The average molecular weight is 276 g/mol. The molecule has 1 aromatic heterocycles. The molecule has 0 aliphatic heterocycles. The van der Waals surface area contributed by atoms with Crippen LogP contribution in [0.3, 0.4) is 0 Å². The molecule has 0 atom stereocenters. The summed E-state index contributed by atoms with van der Waals surface area (Å²) < 4.78 is 5.25. The fourth-order valence-electron chi connectivity index (χ4n) is 1.82. The maximum Gasteiger partial charge on any atom is 0.270 e. The number of nitro groups is 1. The van der Waals surface area contributed by atoms with Crippen molar-refractivity contribution in [1.82, 2.24) is 9.97 Å². The molecule has 2 aromatic rings. The van der Waals surface area contributed by atoms with E-state index in [0.29, 0.717) is 36.5 Å². The number of fused-ring (bicyclic) bond motifs is 1. The molecule has 0 unspecified atom stereocenters. The van der Waals surface area contributed by atoms with E-state index in [1.807, 2.05) is 6.92 Å². The maximum atomic E-state index is 10.8. The standard InChI is InChI=1S/C13H16N4O3/c1-2-20-7-3-6-14-13-11-8-10(17(18)19)4-5-12(11)15-9-16-13/h4-5,8-9H,2-3,6-7H2,1H3,(H,14,15,16). The molecule has 7 nitrogen and oxygen atoms in total. The van der Waals surface area contributed by atoms with Gasteiger partial charge in [0.1, 0.15) is 12.1 Å². The number of non-ortho nitro benzene ring substituents is 1. The molecular weight excluding hydrogens is 260 g/mol. The normalized spacial score (nSPS) is 10.7. The molecule has 0 aliphatic rings. The Balaban J connectivity index is 2.15. The van der Waals surface area contributed by atoms with Crippen LogP contribution in [0, 0.1) is 10.1 Å². The van der Waals surface area contributed by atoms with Gasteiger partial charge in [0.2, 0.25) is 0 Å². The van der Waals surface area contributed by atoms with Crippen LogP contribution >= 0.6 is 0 Å². The Morgan fingerprint density at radius 1 is 1.40 bits per heavy atom. The summed E-state index contributed by atoms with van der Waals surface area (Å²) >= 11 is 0. The first kappa shape index (κ1) is 14.1. The van der Waals surface area contributed by atoms with E-state index in [9.17, 15) is 10.1 Å². The quantitative estimate of drug-likeness (QED) is 0.474. The summed E-state index contributed by atoms with van der Waals surface area (Å²) in [5.41, 5.74) is 0.711. The third-order valence-corrected chi connectivity index (χ3v) is 2.79. The number of nitro benzene ring substituents is 1. The molecule has 0 radical (unpaired) electrons. The Morgan fingerprint density at radius 2 is 2.25 bits per heavy atom. The molecule has 0 amide bonds. The summed E-state index contributed by atoms with van der Waals surface area (Å²) in [5, 5.41) is 14.6. The second kappa shape index (κ2) is 6.76. The molecule has 0 saturated heterocycles. The van der Waals surface area contributed by atoms with Crippen molar-refractivity contribution in [2.45, 2.75) is 13.3 Å². The van der Waals surface area contributed by atoms with Crippen molar-refractivity contribution in [3.8, 4) is 0 Å². The number of nitrogens with zero attached hydrogens (tertiary/aromatic N) is 3. The first-order valence-electron chi connectivity index (χ1n) is 6.43. The zero-order chi connectivity index (χ0) is 14.4. The zero-order valence-corrected chi connectivity index (χ0v) is 11.2. The van der Waals surface area contributed by atoms with Crippen LogP contribution in [-0.4, -0.2) is 34.6 Å². The third-order valence-electron chi connectivity index (χ3n) is 2.79. The highest BCUT2D eigenvalue weighted by Gasteiger charge is 2.10. The van der Waals surface area contributed by atoms with Gasteiger partial charge in [-0.15, -0.1) is 0 Å². The lowest BCUT2D eigenvalue weighted by Crippen LogP contribution is -2.07. The van der Waals surface area contributed by atoms with E-state index < -0.39 is 4.92 Å². The molecule has 0 spiro atoms. The van der Waals surface area contributed by atoms with Crippen LogP contribution in [0.15, 0.2) is 24.5 Å². The van der Waals surface area contributed by atoms with Crippen LogP contribution < -0.4 is 5.32 Å². The minimum Gasteiger partial charge on any atom is -0.382 e. The summed E-state index contributed by atoms with van der Waals surface area (Å²) in [4.78, 5) is 18.6. The van der Waals surface area contributed by atoms with Gasteiger partial charge in [0.05, 0.1) is 10.4 Å². The predicted molar refractivity (Wildman–Crippen MR) is 75.8 cm³/mol.